The number of hydrogen-bond acceptors (Lipinski definition) is 4. The van der Waals surface area contributed by atoms with Crippen LogP contribution in [0.25, 0.3) is 16.6 Å². The molecule has 0 spiro atoms. The van der Waals surface area contributed by atoms with Crippen molar-refractivity contribution in [1.29, 1.82) is 0 Å². The molecule has 5 nitrogen and oxygen atoms in total. The summed E-state index contributed by atoms with van der Waals surface area (Å²) < 4.78 is 14.9. The van der Waals surface area contributed by atoms with Crippen molar-refractivity contribution in [1.82, 2.24) is 20.1 Å². The third kappa shape index (κ3) is 5.07. The van der Waals surface area contributed by atoms with E-state index in [0.717, 1.165) is 21.7 Å². The molecule has 0 radical (unpaired) electrons. The second kappa shape index (κ2) is 9.28. The number of rotatable bonds is 7. The molecule has 4 aromatic rings. The summed E-state index contributed by atoms with van der Waals surface area (Å²) in [5, 5.41) is 9.79. The first-order valence-electron chi connectivity index (χ1n) is 9.39. The van der Waals surface area contributed by atoms with Gasteiger partial charge in [-0.05, 0) is 47.5 Å². The number of thiazole rings is 1. The summed E-state index contributed by atoms with van der Waals surface area (Å²) in [5.41, 5.74) is 3.68. The number of aromatic nitrogens is 3. The van der Waals surface area contributed by atoms with Crippen LogP contribution in [0.4, 0.5) is 4.39 Å². The molecule has 0 fully saturated rings. The van der Waals surface area contributed by atoms with Crippen molar-refractivity contribution in [2.45, 2.75) is 13.1 Å². The van der Waals surface area contributed by atoms with Crippen molar-refractivity contribution >= 4 is 23.3 Å². The Kier molecular flexibility index (Phi) is 6.10. The van der Waals surface area contributed by atoms with Crippen LogP contribution in [0.2, 0.25) is 0 Å². The van der Waals surface area contributed by atoms with Gasteiger partial charge in [0.25, 0.3) is 0 Å². The highest BCUT2D eigenvalue weighted by molar-refractivity contribution is 7.13. The lowest BCUT2D eigenvalue weighted by molar-refractivity contribution is -0.116. The largest absolute Gasteiger partial charge is 0.348 e. The summed E-state index contributed by atoms with van der Waals surface area (Å²) in [6, 6.07) is 16.0. The molecule has 1 N–H and O–H groups in total. The zero-order valence-corrected chi connectivity index (χ0v) is 16.8. The van der Waals surface area contributed by atoms with E-state index in [0.29, 0.717) is 18.8 Å². The second-order valence-electron chi connectivity index (χ2n) is 6.61. The average molecular weight is 418 g/mol. The van der Waals surface area contributed by atoms with Gasteiger partial charge in [-0.25, -0.2) is 9.37 Å². The van der Waals surface area contributed by atoms with Crippen molar-refractivity contribution in [2.24, 2.45) is 0 Å². The van der Waals surface area contributed by atoms with Crippen LogP contribution >= 0.6 is 11.3 Å². The molecule has 4 rings (SSSR count). The van der Waals surface area contributed by atoms with Gasteiger partial charge in [-0.2, -0.15) is 5.10 Å². The Balaban J connectivity index is 1.35. The minimum absolute atomic E-state index is 0.194. The van der Waals surface area contributed by atoms with Crippen LogP contribution in [0.15, 0.2) is 78.4 Å². The van der Waals surface area contributed by atoms with Gasteiger partial charge in [0, 0.05) is 36.0 Å². The van der Waals surface area contributed by atoms with Crippen molar-refractivity contribution in [3.63, 3.8) is 0 Å². The van der Waals surface area contributed by atoms with Gasteiger partial charge in [-0.15, -0.1) is 11.3 Å². The van der Waals surface area contributed by atoms with Crippen LogP contribution in [-0.2, 0) is 17.9 Å². The molecule has 2 heterocycles. The Morgan fingerprint density at radius 1 is 1.10 bits per heavy atom. The SMILES string of the molecule is O=C(C=Cc1csc(-c2ccc(F)cc2)n1)NCc1ccccc1Cn1cccn1. The zero-order chi connectivity index (χ0) is 20.8. The van der Waals surface area contributed by atoms with Gasteiger partial charge in [0.15, 0.2) is 0 Å². The second-order valence-corrected chi connectivity index (χ2v) is 7.47. The molecular formula is C23H19FN4OS. The fraction of sp³-hybridized carbons (Fsp3) is 0.0870. The third-order valence-electron chi connectivity index (χ3n) is 4.48. The number of carbonyl (C=O) groups is 1. The number of nitrogens with zero attached hydrogens (tertiary/aromatic N) is 3. The van der Waals surface area contributed by atoms with Gasteiger partial charge >= 0.3 is 0 Å². The van der Waals surface area contributed by atoms with E-state index in [1.165, 1.54) is 29.5 Å². The molecule has 0 aliphatic rings. The van der Waals surface area contributed by atoms with Gasteiger partial charge in [0.1, 0.15) is 10.8 Å². The standard InChI is InChI=1S/C23H19FN4OS/c24-20-8-6-17(7-9-20)23-27-21(16-30-23)10-11-22(29)25-14-18-4-1-2-5-19(18)15-28-13-3-12-26-28/h1-13,16H,14-15H2,(H,25,29). The lowest BCUT2D eigenvalue weighted by atomic mass is 10.1. The molecule has 2 aromatic carbocycles. The maximum Gasteiger partial charge on any atom is 0.244 e. The molecule has 0 aliphatic carbocycles. The Hall–Kier alpha value is -3.58. The van der Waals surface area contributed by atoms with E-state index >= 15 is 0 Å². The minimum Gasteiger partial charge on any atom is -0.348 e. The minimum atomic E-state index is -0.279. The van der Waals surface area contributed by atoms with Crippen LogP contribution in [0.5, 0.6) is 0 Å². The molecular weight excluding hydrogens is 399 g/mol. The van der Waals surface area contributed by atoms with Gasteiger partial charge in [0.2, 0.25) is 5.91 Å². The number of nitrogens with one attached hydrogen (secondary N) is 1. The average Bonchev–Trinajstić information content (AvgIpc) is 3.44. The van der Waals surface area contributed by atoms with E-state index in [1.807, 2.05) is 46.6 Å². The highest BCUT2D eigenvalue weighted by Crippen LogP contribution is 2.24. The highest BCUT2D eigenvalue weighted by atomic mass is 32.1. The fourth-order valence-electron chi connectivity index (χ4n) is 2.94. The van der Waals surface area contributed by atoms with Crippen LogP contribution < -0.4 is 5.32 Å². The Bertz CT molecular complexity index is 1150. The fourth-order valence-corrected chi connectivity index (χ4v) is 3.74. The molecule has 0 saturated heterocycles. The van der Waals surface area contributed by atoms with Crippen molar-refractivity contribution in [2.75, 3.05) is 0 Å². The molecule has 0 bridgehead atoms. The number of carbonyl (C=O) groups excluding carboxylic acids is 1. The van der Waals surface area contributed by atoms with E-state index in [1.54, 1.807) is 24.4 Å². The monoisotopic (exact) mass is 418 g/mol. The summed E-state index contributed by atoms with van der Waals surface area (Å²) in [6.45, 7) is 1.08. The van der Waals surface area contributed by atoms with E-state index in [4.69, 9.17) is 0 Å². The predicted molar refractivity (Wildman–Crippen MR) is 116 cm³/mol. The smallest absolute Gasteiger partial charge is 0.244 e. The molecule has 150 valence electrons. The number of benzene rings is 2. The summed E-state index contributed by atoms with van der Waals surface area (Å²) in [4.78, 5) is 16.7. The summed E-state index contributed by atoms with van der Waals surface area (Å²) in [6.07, 6.45) is 6.80. The van der Waals surface area contributed by atoms with Crippen molar-refractivity contribution in [3.8, 4) is 10.6 Å². The van der Waals surface area contributed by atoms with Crippen molar-refractivity contribution in [3.05, 3.63) is 101 Å². The van der Waals surface area contributed by atoms with Crippen LogP contribution in [0.1, 0.15) is 16.8 Å². The Morgan fingerprint density at radius 3 is 2.67 bits per heavy atom. The lowest BCUT2D eigenvalue weighted by Gasteiger charge is -2.10. The molecule has 0 atom stereocenters. The van der Waals surface area contributed by atoms with E-state index in [-0.39, 0.29) is 11.7 Å². The predicted octanol–water partition coefficient (Wildman–Crippen LogP) is 4.52. The number of hydrogen-bond donors (Lipinski definition) is 1. The molecule has 0 aliphatic heterocycles. The van der Waals surface area contributed by atoms with E-state index in [2.05, 4.69) is 15.4 Å². The third-order valence-corrected chi connectivity index (χ3v) is 5.39. The first-order chi connectivity index (χ1) is 14.7. The maximum absolute atomic E-state index is 13.1. The van der Waals surface area contributed by atoms with E-state index < -0.39 is 0 Å². The Morgan fingerprint density at radius 2 is 1.90 bits per heavy atom. The zero-order valence-electron chi connectivity index (χ0n) is 16.0. The molecule has 2 aromatic heterocycles. The number of amides is 1. The van der Waals surface area contributed by atoms with Crippen LogP contribution in [-0.4, -0.2) is 20.7 Å². The topological polar surface area (TPSA) is 59.8 Å². The summed E-state index contributed by atoms with van der Waals surface area (Å²) >= 11 is 1.45. The van der Waals surface area contributed by atoms with Crippen molar-refractivity contribution < 1.29 is 9.18 Å². The number of halogens is 1. The normalized spacial score (nSPS) is 11.1. The van der Waals surface area contributed by atoms with Gasteiger partial charge in [-0.3, -0.25) is 9.48 Å². The van der Waals surface area contributed by atoms with E-state index in [9.17, 15) is 9.18 Å². The van der Waals surface area contributed by atoms with Crippen LogP contribution in [0.3, 0.4) is 0 Å². The molecule has 7 heteroatoms. The molecule has 0 unspecified atom stereocenters. The van der Waals surface area contributed by atoms with Crippen LogP contribution in [0, 0.1) is 5.82 Å². The molecule has 30 heavy (non-hydrogen) atoms. The van der Waals surface area contributed by atoms with Gasteiger partial charge < -0.3 is 5.32 Å². The van der Waals surface area contributed by atoms with Gasteiger partial charge in [-0.1, -0.05) is 24.3 Å². The highest BCUT2D eigenvalue weighted by Gasteiger charge is 2.06. The first kappa shape index (κ1) is 19.7. The molecule has 0 saturated carbocycles. The quantitative estimate of drug-likeness (QED) is 0.449. The Labute approximate surface area is 177 Å². The summed E-state index contributed by atoms with van der Waals surface area (Å²) in [5.74, 6) is -0.474. The lowest BCUT2D eigenvalue weighted by Crippen LogP contribution is -2.21. The molecule has 1 amide bonds. The first-order valence-corrected chi connectivity index (χ1v) is 10.3. The van der Waals surface area contributed by atoms with Gasteiger partial charge in [0.05, 0.1) is 12.2 Å². The summed E-state index contributed by atoms with van der Waals surface area (Å²) in [7, 11) is 0. The maximum atomic E-state index is 13.1.